The summed E-state index contributed by atoms with van der Waals surface area (Å²) in [5.74, 6) is 0.201. The van der Waals surface area contributed by atoms with Crippen molar-refractivity contribution < 1.29 is 13.9 Å². The molecular weight excluding hydrogens is 432 g/mol. The summed E-state index contributed by atoms with van der Waals surface area (Å²) in [7, 11) is 1.67. The topological polar surface area (TPSA) is 55.6 Å². The molecule has 0 saturated heterocycles. The molecule has 0 spiro atoms. The van der Waals surface area contributed by atoms with Gasteiger partial charge in [-0.1, -0.05) is 29.8 Å². The number of aryl methyl sites for hydroxylation is 1. The maximum atomic E-state index is 13.2. The Hall–Kier alpha value is -3.09. The van der Waals surface area contributed by atoms with E-state index >= 15 is 0 Å². The van der Waals surface area contributed by atoms with E-state index in [1.165, 1.54) is 16.7 Å². The average Bonchev–Trinajstić information content (AvgIpc) is 3.37. The predicted octanol–water partition coefficient (Wildman–Crippen LogP) is 6.20. The first-order chi connectivity index (χ1) is 16.1. The number of aromatic nitrogens is 1. The second kappa shape index (κ2) is 10.7. The fourth-order valence-electron chi connectivity index (χ4n) is 3.89. The van der Waals surface area contributed by atoms with Gasteiger partial charge in [-0.2, -0.15) is 0 Å². The average molecular weight is 461 g/mol. The second-order valence-electron chi connectivity index (χ2n) is 7.97. The zero-order chi connectivity index (χ0) is 23.2. The van der Waals surface area contributed by atoms with E-state index in [0.29, 0.717) is 25.5 Å². The number of fused-ring (bicyclic) bond motifs is 1. The van der Waals surface area contributed by atoms with Crippen LogP contribution in [-0.4, -0.2) is 42.3 Å². The summed E-state index contributed by atoms with van der Waals surface area (Å²) in [5.41, 5.74) is 5.06. The van der Waals surface area contributed by atoms with Gasteiger partial charge in [0.2, 0.25) is 0 Å². The van der Waals surface area contributed by atoms with Crippen molar-refractivity contribution in [3.63, 3.8) is 0 Å². The van der Waals surface area contributed by atoms with Crippen LogP contribution in [0.25, 0.3) is 22.2 Å². The van der Waals surface area contributed by atoms with Crippen LogP contribution in [0.4, 0.5) is 0 Å². The van der Waals surface area contributed by atoms with Crippen LogP contribution in [0.2, 0.25) is 0 Å². The Morgan fingerprint density at radius 2 is 2.00 bits per heavy atom. The zero-order valence-electron chi connectivity index (χ0n) is 19.2. The molecule has 0 bridgehead atoms. The Morgan fingerprint density at radius 1 is 1.12 bits per heavy atom. The highest BCUT2D eigenvalue weighted by atomic mass is 32.2. The van der Waals surface area contributed by atoms with Crippen LogP contribution in [0, 0.1) is 6.92 Å². The van der Waals surface area contributed by atoms with Gasteiger partial charge >= 0.3 is 0 Å². The zero-order valence-corrected chi connectivity index (χ0v) is 20.0. The molecule has 0 fully saturated rings. The first kappa shape index (κ1) is 23.1. The monoisotopic (exact) mass is 460 g/mol. The van der Waals surface area contributed by atoms with E-state index in [-0.39, 0.29) is 5.91 Å². The third-order valence-corrected chi connectivity index (χ3v) is 6.28. The first-order valence-corrected chi connectivity index (χ1v) is 12.2. The van der Waals surface area contributed by atoms with Crippen molar-refractivity contribution >= 4 is 28.6 Å². The van der Waals surface area contributed by atoms with Crippen molar-refractivity contribution in [2.24, 2.45) is 0 Å². The molecule has 1 amide bonds. The highest BCUT2D eigenvalue weighted by Crippen LogP contribution is 2.30. The minimum absolute atomic E-state index is 0.135. The first-order valence-electron chi connectivity index (χ1n) is 11.0. The standard InChI is InChI=1S/C27H28N2O3S/c1-19-7-4-8-21(15-19)26-22(16-20-10-11-23(33-3)17-24(20)28-26)18-29(12-6-13-31-2)27(30)25-9-5-14-32-25/h4-5,7-11,14-17H,6,12-13,18H2,1-3H3. The van der Waals surface area contributed by atoms with Crippen LogP contribution in [0.1, 0.15) is 28.1 Å². The van der Waals surface area contributed by atoms with E-state index in [1.807, 2.05) is 11.0 Å². The molecule has 4 rings (SSSR count). The van der Waals surface area contributed by atoms with E-state index in [1.54, 1.807) is 31.0 Å². The van der Waals surface area contributed by atoms with Gasteiger partial charge in [0, 0.05) is 42.7 Å². The minimum Gasteiger partial charge on any atom is -0.459 e. The van der Waals surface area contributed by atoms with Crippen molar-refractivity contribution in [2.45, 2.75) is 24.8 Å². The molecule has 2 heterocycles. The van der Waals surface area contributed by atoms with Gasteiger partial charge in [0.15, 0.2) is 5.76 Å². The van der Waals surface area contributed by atoms with Crippen molar-refractivity contribution in [1.82, 2.24) is 9.88 Å². The number of nitrogens with zero attached hydrogens (tertiary/aromatic N) is 2. The number of carbonyl (C=O) groups is 1. The number of ether oxygens (including phenoxy) is 1. The van der Waals surface area contributed by atoms with E-state index < -0.39 is 0 Å². The number of amides is 1. The maximum Gasteiger partial charge on any atom is 0.289 e. The molecule has 0 N–H and O–H groups in total. The van der Waals surface area contributed by atoms with Gasteiger partial charge in [0.05, 0.1) is 17.5 Å². The largest absolute Gasteiger partial charge is 0.459 e. The Bertz CT molecular complexity index is 1240. The van der Waals surface area contributed by atoms with Gasteiger partial charge < -0.3 is 14.1 Å². The number of pyridine rings is 1. The molecule has 4 aromatic rings. The summed E-state index contributed by atoms with van der Waals surface area (Å²) in [6.07, 6.45) is 4.33. The van der Waals surface area contributed by atoms with Crippen molar-refractivity contribution in [2.75, 3.05) is 26.5 Å². The quantitative estimate of drug-likeness (QED) is 0.220. The number of benzene rings is 2. The number of carbonyl (C=O) groups excluding carboxylic acids is 1. The van der Waals surface area contributed by atoms with Crippen LogP contribution < -0.4 is 0 Å². The SMILES string of the molecule is COCCCN(Cc1cc2ccc(SC)cc2nc1-c1cccc(C)c1)C(=O)c1ccco1. The summed E-state index contributed by atoms with van der Waals surface area (Å²) in [5, 5.41) is 1.06. The third-order valence-electron chi connectivity index (χ3n) is 5.55. The van der Waals surface area contributed by atoms with Crippen LogP contribution in [0.3, 0.4) is 0 Å². The highest BCUT2D eigenvalue weighted by Gasteiger charge is 2.21. The summed E-state index contributed by atoms with van der Waals surface area (Å²) in [6.45, 7) is 3.65. The number of hydrogen-bond acceptors (Lipinski definition) is 5. The molecule has 170 valence electrons. The number of thioether (sulfide) groups is 1. The summed E-state index contributed by atoms with van der Waals surface area (Å²) >= 11 is 1.70. The molecule has 0 saturated carbocycles. The van der Waals surface area contributed by atoms with Gasteiger partial charge in [-0.3, -0.25) is 4.79 Å². The third kappa shape index (κ3) is 5.46. The molecular formula is C27H28N2O3S. The Kier molecular flexibility index (Phi) is 7.47. The Labute approximate surface area is 198 Å². The second-order valence-corrected chi connectivity index (χ2v) is 8.85. The number of furan rings is 1. The molecule has 0 aliphatic heterocycles. The Balaban J connectivity index is 1.78. The fourth-order valence-corrected chi connectivity index (χ4v) is 4.33. The maximum absolute atomic E-state index is 13.2. The van der Waals surface area contributed by atoms with E-state index in [2.05, 4.69) is 55.6 Å². The molecule has 33 heavy (non-hydrogen) atoms. The van der Waals surface area contributed by atoms with Gasteiger partial charge in [-0.15, -0.1) is 11.8 Å². The summed E-state index contributed by atoms with van der Waals surface area (Å²) in [4.78, 5) is 21.3. The van der Waals surface area contributed by atoms with E-state index in [0.717, 1.165) is 34.1 Å². The van der Waals surface area contributed by atoms with Crippen molar-refractivity contribution in [1.29, 1.82) is 0 Å². The predicted molar refractivity (Wildman–Crippen MR) is 134 cm³/mol. The van der Waals surface area contributed by atoms with Gasteiger partial charge in [-0.25, -0.2) is 4.98 Å². The molecule has 2 aromatic carbocycles. The normalized spacial score (nSPS) is 11.1. The minimum atomic E-state index is -0.135. The lowest BCUT2D eigenvalue weighted by Crippen LogP contribution is -2.32. The summed E-state index contributed by atoms with van der Waals surface area (Å²) in [6, 6.07) is 20.3. The molecule has 5 nitrogen and oxygen atoms in total. The van der Waals surface area contributed by atoms with Crippen molar-refractivity contribution in [3.05, 3.63) is 83.8 Å². The molecule has 0 atom stereocenters. The van der Waals surface area contributed by atoms with Gasteiger partial charge in [-0.05, 0) is 61.6 Å². The lowest BCUT2D eigenvalue weighted by Gasteiger charge is -2.23. The van der Waals surface area contributed by atoms with Crippen LogP contribution in [0.5, 0.6) is 0 Å². The van der Waals surface area contributed by atoms with Crippen molar-refractivity contribution in [3.8, 4) is 11.3 Å². The molecule has 0 aliphatic carbocycles. The van der Waals surface area contributed by atoms with Crippen LogP contribution in [-0.2, 0) is 11.3 Å². The van der Waals surface area contributed by atoms with Gasteiger partial charge in [0.25, 0.3) is 5.91 Å². The lowest BCUT2D eigenvalue weighted by atomic mass is 10.0. The highest BCUT2D eigenvalue weighted by molar-refractivity contribution is 7.98. The Morgan fingerprint density at radius 3 is 2.73 bits per heavy atom. The smallest absolute Gasteiger partial charge is 0.289 e. The molecule has 6 heteroatoms. The van der Waals surface area contributed by atoms with E-state index in [4.69, 9.17) is 14.1 Å². The lowest BCUT2D eigenvalue weighted by molar-refractivity contribution is 0.0692. The number of methoxy groups -OCH3 is 1. The van der Waals surface area contributed by atoms with Gasteiger partial charge in [0.1, 0.15) is 0 Å². The molecule has 0 aliphatic rings. The molecule has 0 radical (unpaired) electrons. The fraction of sp³-hybridized carbons (Fsp3) is 0.259. The van der Waals surface area contributed by atoms with Crippen LogP contribution in [0.15, 0.2) is 76.2 Å². The number of rotatable bonds is 9. The van der Waals surface area contributed by atoms with E-state index in [9.17, 15) is 4.79 Å². The summed E-state index contributed by atoms with van der Waals surface area (Å²) < 4.78 is 10.6. The molecule has 2 aromatic heterocycles. The number of hydrogen-bond donors (Lipinski definition) is 0. The molecule has 0 unspecified atom stereocenters. The van der Waals surface area contributed by atoms with Crippen LogP contribution >= 0.6 is 11.8 Å².